The van der Waals surface area contributed by atoms with Gasteiger partial charge in [-0.05, 0) is 93.4 Å². The Bertz CT molecular complexity index is 3150. The zero-order valence-corrected chi connectivity index (χ0v) is 30.6. The lowest BCUT2D eigenvalue weighted by Gasteiger charge is -2.28. The van der Waals surface area contributed by atoms with Crippen molar-refractivity contribution in [1.82, 2.24) is 0 Å². The second-order valence-corrected chi connectivity index (χ2v) is 15.2. The van der Waals surface area contributed by atoms with E-state index in [2.05, 4.69) is 199 Å². The van der Waals surface area contributed by atoms with E-state index in [9.17, 15) is 0 Å². The van der Waals surface area contributed by atoms with Crippen LogP contribution in [0.5, 0.6) is 0 Å². The molecule has 0 unspecified atom stereocenters. The van der Waals surface area contributed by atoms with Crippen LogP contribution in [-0.4, -0.2) is 0 Å². The molecule has 2 nitrogen and oxygen atoms in total. The summed E-state index contributed by atoms with van der Waals surface area (Å²) in [5.74, 6) is 0. The summed E-state index contributed by atoms with van der Waals surface area (Å²) >= 11 is 1.86. The number of furan rings is 1. The molecule has 3 heteroatoms. The van der Waals surface area contributed by atoms with Gasteiger partial charge in [-0.1, -0.05) is 146 Å². The van der Waals surface area contributed by atoms with Gasteiger partial charge in [0, 0.05) is 42.0 Å². The van der Waals surface area contributed by atoms with Gasteiger partial charge in [0.15, 0.2) is 5.58 Å². The van der Waals surface area contributed by atoms with E-state index in [0.717, 1.165) is 55.5 Å². The Balaban J connectivity index is 1.19. The molecule has 9 aromatic carbocycles. The van der Waals surface area contributed by atoms with Gasteiger partial charge in [0.1, 0.15) is 5.58 Å². The minimum atomic E-state index is 0.859. The lowest BCUT2D eigenvalue weighted by Crippen LogP contribution is -2.11. The molecule has 2 heterocycles. The maximum Gasteiger partial charge on any atom is 0.159 e. The van der Waals surface area contributed by atoms with Crippen LogP contribution in [0.25, 0.3) is 86.3 Å². The fourth-order valence-corrected chi connectivity index (χ4v) is 9.36. The van der Waals surface area contributed by atoms with Crippen molar-refractivity contribution >= 4 is 81.3 Å². The van der Waals surface area contributed by atoms with Gasteiger partial charge in [-0.15, -0.1) is 11.3 Å². The number of thiophene rings is 1. The molecule has 55 heavy (non-hydrogen) atoms. The number of rotatable bonds is 6. The Kier molecular flexibility index (Phi) is 7.39. The maximum atomic E-state index is 6.77. The normalized spacial score (nSPS) is 11.6. The molecule has 0 aliphatic rings. The minimum Gasteiger partial charge on any atom is -0.454 e. The molecule has 0 bridgehead atoms. The predicted molar refractivity (Wildman–Crippen MR) is 235 cm³/mol. The molecule has 0 spiro atoms. The van der Waals surface area contributed by atoms with E-state index in [0.29, 0.717) is 0 Å². The molecule has 258 valence electrons. The standard InChI is InChI=1S/C52H33NOS/c1-3-14-34(15-4-1)37-30-38(35-16-5-2-6-17-35)32-39(31-37)53(48-23-13-22-45-43-20-9-11-24-49(43)54-52(45)48)47-28-27-40(41-18-7-8-19-42(41)47)36-26-29-51-46(33-36)44-21-10-12-25-50(44)55-51/h1-33H. The van der Waals surface area contributed by atoms with Crippen molar-refractivity contribution < 1.29 is 4.42 Å². The molecule has 0 aliphatic carbocycles. The maximum absolute atomic E-state index is 6.77. The van der Waals surface area contributed by atoms with Gasteiger partial charge < -0.3 is 9.32 Å². The molecular formula is C52H33NOS. The first kappa shape index (κ1) is 31.6. The first-order valence-electron chi connectivity index (χ1n) is 18.7. The molecule has 0 aliphatic heterocycles. The number of para-hydroxylation sites is 2. The van der Waals surface area contributed by atoms with Crippen LogP contribution in [0.15, 0.2) is 205 Å². The average molecular weight is 720 g/mol. The minimum absolute atomic E-state index is 0.859. The lowest BCUT2D eigenvalue weighted by atomic mass is 9.94. The molecule has 0 fully saturated rings. The molecule has 11 rings (SSSR count). The summed E-state index contributed by atoms with van der Waals surface area (Å²) in [4.78, 5) is 2.41. The summed E-state index contributed by atoms with van der Waals surface area (Å²) in [5, 5.41) is 7.17. The van der Waals surface area contributed by atoms with E-state index < -0.39 is 0 Å². The molecular weight excluding hydrogens is 687 g/mol. The van der Waals surface area contributed by atoms with Crippen LogP contribution in [0, 0.1) is 0 Å². The van der Waals surface area contributed by atoms with Gasteiger partial charge in [-0.2, -0.15) is 0 Å². The van der Waals surface area contributed by atoms with E-state index in [1.807, 2.05) is 17.4 Å². The van der Waals surface area contributed by atoms with Gasteiger partial charge >= 0.3 is 0 Å². The second-order valence-electron chi connectivity index (χ2n) is 14.1. The van der Waals surface area contributed by atoms with E-state index >= 15 is 0 Å². The van der Waals surface area contributed by atoms with Gasteiger partial charge in [0.25, 0.3) is 0 Å². The summed E-state index contributed by atoms with van der Waals surface area (Å²) in [6, 6.07) is 72.3. The van der Waals surface area contributed by atoms with Crippen LogP contribution in [0.3, 0.4) is 0 Å². The third-order valence-corrected chi connectivity index (χ3v) is 12.0. The lowest BCUT2D eigenvalue weighted by molar-refractivity contribution is 0.669. The quantitative estimate of drug-likeness (QED) is 0.170. The van der Waals surface area contributed by atoms with Crippen molar-refractivity contribution in [2.75, 3.05) is 4.90 Å². The fourth-order valence-electron chi connectivity index (χ4n) is 8.27. The molecule has 2 aromatic heterocycles. The van der Waals surface area contributed by atoms with Crippen molar-refractivity contribution in [3.05, 3.63) is 200 Å². The van der Waals surface area contributed by atoms with Crippen molar-refractivity contribution in [2.24, 2.45) is 0 Å². The number of anilines is 3. The summed E-state index contributed by atoms with van der Waals surface area (Å²) in [5.41, 5.74) is 11.9. The van der Waals surface area contributed by atoms with Crippen LogP contribution in [-0.2, 0) is 0 Å². The zero-order valence-electron chi connectivity index (χ0n) is 29.8. The Hall–Kier alpha value is -6.94. The molecule has 0 saturated heterocycles. The number of hydrogen-bond acceptors (Lipinski definition) is 3. The molecule has 0 amide bonds. The Labute approximate surface area is 322 Å². The second kappa shape index (κ2) is 12.9. The van der Waals surface area contributed by atoms with Crippen LogP contribution in [0.4, 0.5) is 17.1 Å². The van der Waals surface area contributed by atoms with Crippen LogP contribution < -0.4 is 4.90 Å². The Morgan fingerprint density at radius 3 is 1.73 bits per heavy atom. The topological polar surface area (TPSA) is 16.4 Å². The monoisotopic (exact) mass is 719 g/mol. The zero-order chi connectivity index (χ0) is 36.3. The Morgan fingerprint density at radius 2 is 0.964 bits per heavy atom. The number of nitrogens with zero attached hydrogens (tertiary/aromatic N) is 1. The Morgan fingerprint density at radius 1 is 0.345 bits per heavy atom. The SMILES string of the molecule is c1ccc(-c2cc(-c3ccccc3)cc(N(c3ccc(-c4ccc5sc6ccccc6c5c4)c4ccccc34)c3cccc4c3oc3ccccc34)c2)cc1. The van der Waals surface area contributed by atoms with E-state index in [4.69, 9.17) is 4.42 Å². The van der Waals surface area contributed by atoms with Crippen LogP contribution in [0.2, 0.25) is 0 Å². The highest BCUT2D eigenvalue weighted by atomic mass is 32.1. The summed E-state index contributed by atoms with van der Waals surface area (Å²) in [6.07, 6.45) is 0. The van der Waals surface area contributed by atoms with Gasteiger partial charge in [0.05, 0.1) is 11.4 Å². The van der Waals surface area contributed by atoms with Crippen molar-refractivity contribution in [3.8, 4) is 33.4 Å². The predicted octanol–water partition coefficient (Wildman–Crippen LogP) is 15.6. The number of hydrogen-bond donors (Lipinski definition) is 0. The van der Waals surface area contributed by atoms with E-state index in [-0.39, 0.29) is 0 Å². The van der Waals surface area contributed by atoms with Crippen molar-refractivity contribution in [3.63, 3.8) is 0 Å². The van der Waals surface area contributed by atoms with Crippen molar-refractivity contribution in [2.45, 2.75) is 0 Å². The smallest absolute Gasteiger partial charge is 0.159 e. The molecule has 0 N–H and O–H groups in total. The summed E-state index contributed by atoms with van der Waals surface area (Å²) in [6.45, 7) is 0. The number of benzene rings is 9. The van der Waals surface area contributed by atoms with Crippen LogP contribution >= 0.6 is 11.3 Å². The largest absolute Gasteiger partial charge is 0.454 e. The summed E-state index contributed by atoms with van der Waals surface area (Å²) in [7, 11) is 0. The average Bonchev–Trinajstić information content (AvgIpc) is 3.83. The van der Waals surface area contributed by atoms with E-state index in [1.54, 1.807) is 0 Å². The number of fused-ring (bicyclic) bond motifs is 7. The highest BCUT2D eigenvalue weighted by molar-refractivity contribution is 7.25. The molecule has 0 saturated carbocycles. The van der Waals surface area contributed by atoms with Gasteiger partial charge in [-0.3, -0.25) is 0 Å². The summed E-state index contributed by atoms with van der Waals surface area (Å²) < 4.78 is 9.40. The van der Waals surface area contributed by atoms with Gasteiger partial charge in [0.2, 0.25) is 0 Å². The third-order valence-electron chi connectivity index (χ3n) is 10.8. The molecule has 0 atom stereocenters. The first-order chi connectivity index (χ1) is 27.3. The molecule has 0 radical (unpaired) electrons. The van der Waals surface area contributed by atoms with Crippen molar-refractivity contribution in [1.29, 1.82) is 0 Å². The first-order valence-corrected chi connectivity index (χ1v) is 19.5. The molecule has 11 aromatic rings. The fraction of sp³-hybridized carbons (Fsp3) is 0. The van der Waals surface area contributed by atoms with Crippen LogP contribution in [0.1, 0.15) is 0 Å². The highest BCUT2D eigenvalue weighted by Crippen LogP contribution is 2.48. The van der Waals surface area contributed by atoms with E-state index in [1.165, 1.54) is 47.8 Å². The highest BCUT2D eigenvalue weighted by Gasteiger charge is 2.23. The third kappa shape index (κ3) is 5.32. The van der Waals surface area contributed by atoms with Gasteiger partial charge in [-0.25, -0.2) is 0 Å².